The van der Waals surface area contributed by atoms with Crippen LogP contribution in [0.5, 0.6) is 0 Å². The minimum atomic E-state index is -0.963. The third-order valence-corrected chi connectivity index (χ3v) is 5.92. The van der Waals surface area contributed by atoms with Crippen LogP contribution in [0.2, 0.25) is 0 Å². The molecule has 1 radical (unpaired) electrons. The molecule has 7 nitrogen and oxygen atoms in total. The van der Waals surface area contributed by atoms with Crippen molar-refractivity contribution in [3.63, 3.8) is 0 Å². The number of aliphatic hydroxyl groups is 1. The summed E-state index contributed by atoms with van der Waals surface area (Å²) < 4.78 is 0. The molecule has 0 aromatic rings. The zero-order valence-electron chi connectivity index (χ0n) is 14.4. The predicted octanol–water partition coefficient (Wildman–Crippen LogP) is -0.756. The van der Waals surface area contributed by atoms with Gasteiger partial charge in [0.05, 0.1) is 0 Å². The molecule has 3 aliphatic heterocycles. The topological polar surface area (TPSA) is 98.9 Å². The maximum Gasteiger partial charge on any atom is 0.248 e. The van der Waals surface area contributed by atoms with E-state index in [1.807, 2.05) is 0 Å². The molecule has 0 spiro atoms. The number of nitrogens with one attached hydrogen (secondary N) is 1. The van der Waals surface area contributed by atoms with Gasteiger partial charge < -0.3 is 16.2 Å². The quantitative estimate of drug-likeness (QED) is 0.592. The molecule has 135 valence electrons. The molecule has 24 heavy (non-hydrogen) atoms. The smallest absolute Gasteiger partial charge is 0.248 e. The average molecular weight is 337 g/mol. The average Bonchev–Trinajstić information content (AvgIpc) is 3.05. The molecule has 3 heterocycles. The molecule has 0 unspecified atom stereocenters. The van der Waals surface area contributed by atoms with Gasteiger partial charge in [0.2, 0.25) is 11.8 Å². The molecular weight excluding hydrogens is 308 g/mol. The van der Waals surface area contributed by atoms with Crippen LogP contribution in [0.3, 0.4) is 0 Å². The number of hydrogen-bond acceptors (Lipinski definition) is 5. The first-order chi connectivity index (χ1) is 11.4. The Morgan fingerprint density at radius 1 is 1.42 bits per heavy atom. The number of primary amides is 1. The minimum Gasteiger partial charge on any atom is -0.384 e. The zero-order valence-corrected chi connectivity index (χ0v) is 14.4. The van der Waals surface area contributed by atoms with Gasteiger partial charge in [0.15, 0.2) is 0 Å². The lowest BCUT2D eigenvalue weighted by Gasteiger charge is -2.43. The third kappa shape index (κ3) is 3.30. The van der Waals surface area contributed by atoms with Crippen LogP contribution in [0.1, 0.15) is 39.0 Å². The van der Waals surface area contributed by atoms with Gasteiger partial charge in [-0.1, -0.05) is 0 Å². The summed E-state index contributed by atoms with van der Waals surface area (Å²) in [7, 11) is 0. The lowest BCUT2D eigenvalue weighted by Crippen LogP contribution is -2.59. The number of fused-ring (bicyclic) bond motifs is 2. The predicted molar refractivity (Wildman–Crippen MR) is 89.9 cm³/mol. The standard InChI is InChI=1S/C17H29N4O3/c1-12(22)15(23)19-13-5-8-20(11-13)9-10-21-14-3-2-6-17(21,7-4-14)16(18)24/h2,12-14,22H,3-11H2,1H3,(H2,18,24)(H,19,23)/t12-,13+,14+,17-/m0/s1. The van der Waals surface area contributed by atoms with E-state index in [1.165, 1.54) is 6.92 Å². The summed E-state index contributed by atoms with van der Waals surface area (Å²) >= 11 is 0. The first-order valence-corrected chi connectivity index (χ1v) is 9.01. The Morgan fingerprint density at radius 3 is 2.92 bits per heavy atom. The summed E-state index contributed by atoms with van der Waals surface area (Å²) in [5.74, 6) is -0.497. The van der Waals surface area contributed by atoms with Crippen LogP contribution in [0.4, 0.5) is 0 Å². The molecule has 3 fully saturated rings. The summed E-state index contributed by atoms with van der Waals surface area (Å²) in [6.45, 7) is 4.94. The van der Waals surface area contributed by atoms with Gasteiger partial charge in [-0.3, -0.25) is 19.4 Å². The zero-order chi connectivity index (χ0) is 17.3. The van der Waals surface area contributed by atoms with Gasteiger partial charge >= 0.3 is 0 Å². The van der Waals surface area contributed by atoms with Gasteiger partial charge in [-0.2, -0.15) is 0 Å². The second kappa shape index (κ2) is 6.98. The number of carbonyl (C=O) groups is 2. The molecule has 4 N–H and O–H groups in total. The van der Waals surface area contributed by atoms with Gasteiger partial charge in [-0.15, -0.1) is 0 Å². The molecule has 0 aliphatic carbocycles. The van der Waals surface area contributed by atoms with Crippen LogP contribution < -0.4 is 11.1 Å². The monoisotopic (exact) mass is 337 g/mol. The summed E-state index contributed by atoms with van der Waals surface area (Å²) in [4.78, 5) is 28.3. The number of hydrogen-bond donors (Lipinski definition) is 3. The Morgan fingerprint density at radius 2 is 2.21 bits per heavy atom. The van der Waals surface area contributed by atoms with E-state index in [1.54, 1.807) is 0 Å². The highest BCUT2D eigenvalue weighted by molar-refractivity contribution is 5.85. The minimum absolute atomic E-state index is 0.101. The summed E-state index contributed by atoms with van der Waals surface area (Å²) in [5, 5.41) is 12.2. The molecule has 7 heteroatoms. The lowest BCUT2D eigenvalue weighted by molar-refractivity contribution is -0.131. The van der Waals surface area contributed by atoms with Gasteiger partial charge in [-0.25, -0.2) is 0 Å². The van der Waals surface area contributed by atoms with Crippen molar-refractivity contribution in [2.45, 2.75) is 62.8 Å². The van der Waals surface area contributed by atoms with E-state index in [4.69, 9.17) is 5.73 Å². The van der Waals surface area contributed by atoms with Crippen molar-refractivity contribution in [3.8, 4) is 0 Å². The molecule has 4 atom stereocenters. The Labute approximate surface area is 143 Å². The number of amides is 2. The van der Waals surface area contributed by atoms with E-state index in [2.05, 4.69) is 21.5 Å². The van der Waals surface area contributed by atoms with Crippen LogP contribution >= 0.6 is 0 Å². The largest absolute Gasteiger partial charge is 0.384 e. The number of rotatable bonds is 6. The molecule has 2 amide bonds. The molecule has 0 aromatic carbocycles. The first kappa shape index (κ1) is 17.6. The summed E-state index contributed by atoms with van der Waals surface area (Å²) in [5.41, 5.74) is 5.26. The van der Waals surface area contributed by atoms with Gasteiger partial charge in [0, 0.05) is 38.3 Å². The van der Waals surface area contributed by atoms with Crippen molar-refractivity contribution < 1.29 is 14.7 Å². The Hall–Kier alpha value is -1.18. The van der Waals surface area contributed by atoms with Gasteiger partial charge in [0.25, 0.3) is 0 Å². The van der Waals surface area contributed by atoms with Crippen molar-refractivity contribution in [1.82, 2.24) is 15.1 Å². The SMILES string of the molecule is C[C@H](O)C(=O)N[C@@H]1CCN(CCN2[C@@H]3C[CH]C[C@@]2(C(N)=O)CC3)C1. The Balaban J connectivity index is 1.51. The van der Waals surface area contributed by atoms with E-state index in [0.717, 1.165) is 58.3 Å². The van der Waals surface area contributed by atoms with E-state index in [9.17, 15) is 14.7 Å². The van der Waals surface area contributed by atoms with Crippen molar-refractivity contribution in [2.24, 2.45) is 5.73 Å². The second-order valence-corrected chi connectivity index (χ2v) is 7.48. The molecular formula is C17H29N4O3. The number of aliphatic hydroxyl groups excluding tert-OH is 1. The lowest BCUT2D eigenvalue weighted by atomic mass is 9.87. The fourth-order valence-corrected chi connectivity index (χ4v) is 4.52. The second-order valence-electron chi connectivity index (χ2n) is 7.48. The van der Waals surface area contributed by atoms with Gasteiger partial charge in [-0.05, 0) is 45.4 Å². The fraction of sp³-hybridized carbons (Fsp3) is 0.824. The first-order valence-electron chi connectivity index (χ1n) is 9.01. The van der Waals surface area contributed by atoms with Crippen LogP contribution in [0.25, 0.3) is 0 Å². The summed E-state index contributed by atoms with van der Waals surface area (Å²) in [6, 6.07) is 0.545. The molecule has 3 rings (SSSR count). The number of likely N-dealkylation sites (tertiary alicyclic amines) is 1. The number of carbonyl (C=O) groups excluding carboxylic acids is 2. The highest BCUT2D eigenvalue weighted by Gasteiger charge is 2.52. The molecule has 3 saturated heterocycles. The Kier molecular flexibility index (Phi) is 5.13. The molecule has 2 bridgehead atoms. The van der Waals surface area contributed by atoms with Gasteiger partial charge in [0.1, 0.15) is 11.6 Å². The van der Waals surface area contributed by atoms with Crippen LogP contribution in [-0.2, 0) is 9.59 Å². The summed E-state index contributed by atoms with van der Waals surface area (Å²) in [6.07, 6.45) is 5.89. The third-order valence-electron chi connectivity index (χ3n) is 5.92. The van der Waals surface area contributed by atoms with E-state index < -0.39 is 11.6 Å². The van der Waals surface area contributed by atoms with E-state index in [-0.39, 0.29) is 17.9 Å². The van der Waals surface area contributed by atoms with Crippen molar-refractivity contribution >= 4 is 11.8 Å². The van der Waals surface area contributed by atoms with Crippen molar-refractivity contribution in [3.05, 3.63) is 6.42 Å². The highest BCUT2D eigenvalue weighted by atomic mass is 16.3. The normalized spacial score (nSPS) is 35.1. The van der Waals surface area contributed by atoms with Crippen LogP contribution in [0.15, 0.2) is 0 Å². The fourth-order valence-electron chi connectivity index (χ4n) is 4.52. The number of piperidine rings is 1. The molecule has 0 saturated carbocycles. The number of nitrogens with zero attached hydrogens (tertiary/aromatic N) is 2. The van der Waals surface area contributed by atoms with Crippen LogP contribution in [0, 0.1) is 6.42 Å². The maximum absolute atomic E-state index is 12.1. The van der Waals surface area contributed by atoms with Crippen molar-refractivity contribution in [1.29, 1.82) is 0 Å². The maximum atomic E-state index is 12.1. The highest BCUT2D eigenvalue weighted by Crippen LogP contribution is 2.43. The van der Waals surface area contributed by atoms with Crippen molar-refractivity contribution in [2.75, 3.05) is 26.2 Å². The van der Waals surface area contributed by atoms with E-state index >= 15 is 0 Å². The number of nitrogens with two attached hydrogens (primary N) is 1. The van der Waals surface area contributed by atoms with Crippen LogP contribution in [-0.4, -0.2) is 76.6 Å². The molecule has 0 aromatic heterocycles. The molecule has 3 aliphatic rings. The van der Waals surface area contributed by atoms with E-state index in [0.29, 0.717) is 6.04 Å². The Bertz CT molecular complexity index is 494.